The Morgan fingerprint density at radius 3 is 2.71 bits per heavy atom. The van der Waals surface area contributed by atoms with E-state index in [4.69, 9.17) is 5.73 Å². The van der Waals surface area contributed by atoms with Gasteiger partial charge in [-0.25, -0.2) is 0 Å². The van der Waals surface area contributed by atoms with Crippen molar-refractivity contribution in [3.8, 4) is 0 Å². The van der Waals surface area contributed by atoms with Gasteiger partial charge in [0, 0.05) is 21.3 Å². The Labute approximate surface area is 97.3 Å². The summed E-state index contributed by atoms with van der Waals surface area (Å²) < 4.78 is 1.11. The molecule has 80 valence electrons. The van der Waals surface area contributed by atoms with Crippen LogP contribution in [0.15, 0.2) is 15.9 Å². The summed E-state index contributed by atoms with van der Waals surface area (Å²) in [7, 11) is 0. The van der Waals surface area contributed by atoms with E-state index >= 15 is 0 Å². The van der Waals surface area contributed by atoms with Gasteiger partial charge in [-0.2, -0.15) is 0 Å². The number of hydrogen-bond acceptors (Lipinski definition) is 3. The Kier molecular flexibility index (Phi) is 4.13. The minimum Gasteiger partial charge on any atom is -0.393 e. The van der Waals surface area contributed by atoms with E-state index in [-0.39, 0.29) is 11.5 Å². The first kappa shape index (κ1) is 12.2. The van der Waals surface area contributed by atoms with E-state index < -0.39 is 0 Å². The molecule has 4 heteroatoms. The third-order valence-corrected chi connectivity index (χ3v) is 4.66. The molecular weight excluding hydrogens is 262 g/mol. The molecule has 0 aromatic carbocycles. The maximum Gasteiger partial charge on any atom is 0.0581 e. The van der Waals surface area contributed by atoms with E-state index in [0.29, 0.717) is 6.54 Å². The predicted molar refractivity (Wildman–Crippen MR) is 64.6 cm³/mol. The van der Waals surface area contributed by atoms with Gasteiger partial charge in [-0.05, 0) is 40.7 Å². The van der Waals surface area contributed by atoms with E-state index in [1.807, 2.05) is 18.4 Å². The highest BCUT2D eigenvalue weighted by Gasteiger charge is 2.29. The molecule has 2 atom stereocenters. The molecule has 0 aliphatic heterocycles. The van der Waals surface area contributed by atoms with E-state index in [1.165, 1.54) is 4.88 Å². The molecule has 0 saturated carbocycles. The van der Waals surface area contributed by atoms with Gasteiger partial charge in [0.1, 0.15) is 0 Å². The summed E-state index contributed by atoms with van der Waals surface area (Å²) in [6, 6.07) is 2.03. The van der Waals surface area contributed by atoms with Gasteiger partial charge in [-0.15, -0.1) is 11.3 Å². The second-order valence-electron chi connectivity index (χ2n) is 3.90. The van der Waals surface area contributed by atoms with Crippen LogP contribution in [0.25, 0.3) is 0 Å². The van der Waals surface area contributed by atoms with Crippen molar-refractivity contribution >= 4 is 27.3 Å². The molecule has 0 saturated heterocycles. The number of aliphatic hydroxyl groups is 1. The Morgan fingerprint density at radius 2 is 2.36 bits per heavy atom. The van der Waals surface area contributed by atoms with Crippen LogP contribution in [-0.2, 0) is 6.42 Å². The van der Waals surface area contributed by atoms with Crippen molar-refractivity contribution in [2.24, 2.45) is 11.1 Å². The van der Waals surface area contributed by atoms with Gasteiger partial charge in [-0.3, -0.25) is 0 Å². The highest BCUT2D eigenvalue weighted by molar-refractivity contribution is 9.10. The summed E-state index contributed by atoms with van der Waals surface area (Å²) in [6.45, 7) is 4.31. The SMILES string of the molecule is CC(O)C(C)(CN)Cc1sccc1Br. The zero-order valence-corrected chi connectivity index (χ0v) is 10.9. The van der Waals surface area contributed by atoms with Crippen LogP contribution in [-0.4, -0.2) is 17.8 Å². The summed E-state index contributed by atoms with van der Waals surface area (Å²) in [5.74, 6) is 0. The Morgan fingerprint density at radius 1 is 1.71 bits per heavy atom. The monoisotopic (exact) mass is 277 g/mol. The molecule has 2 unspecified atom stereocenters. The molecule has 2 nitrogen and oxygen atoms in total. The maximum absolute atomic E-state index is 9.67. The molecule has 0 fully saturated rings. The van der Waals surface area contributed by atoms with Gasteiger partial charge in [0.25, 0.3) is 0 Å². The fourth-order valence-electron chi connectivity index (χ4n) is 1.21. The zero-order chi connectivity index (χ0) is 10.8. The van der Waals surface area contributed by atoms with Crippen molar-refractivity contribution in [3.63, 3.8) is 0 Å². The maximum atomic E-state index is 9.67. The fourth-order valence-corrected chi connectivity index (χ4v) is 2.90. The highest BCUT2D eigenvalue weighted by atomic mass is 79.9. The molecule has 1 aromatic heterocycles. The summed E-state index contributed by atoms with van der Waals surface area (Å²) in [5, 5.41) is 11.7. The van der Waals surface area contributed by atoms with E-state index in [9.17, 15) is 5.11 Å². The van der Waals surface area contributed by atoms with Crippen molar-refractivity contribution in [3.05, 3.63) is 20.8 Å². The van der Waals surface area contributed by atoms with Crippen LogP contribution in [0.4, 0.5) is 0 Å². The molecule has 3 N–H and O–H groups in total. The third kappa shape index (κ3) is 2.57. The smallest absolute Gasteiger partial charge is 0.0581 e. The summed E-state index contributed by atoms with van der Waals surface area (Å²) in [4.78, 5) is 1.25. The van der Waals surface area contributed by atoms with Crippen molar-refractivity contribution in [1.29, 1.82) is 0 Å². The molecule has 1 aromatic rings. The second kappa shape index (κ2) is 4.75. The first-order chi connectivity index (χ1) is 6.49. The molecule has 0 amide bonds. The van der Waals surface area contributed by atoms with Gasteiger partial charge < -0.3 is 10.8 Å². The first-order valence-electron chi connectivity index (χ1n) is 4.59. The van der Waals surface area contributed by atoms with Crippen molar-refractivity contribution < 1.29 is 5.11 Å². The largest absolute Gasteiger partial charge is 0.393 e. The standard InChI is InChI=1S/C10H16BrNOS/c1-7(13)10(2,6-12)5-9-8(11)3-4-14-9/h3-4,7,13H,5-6,12H2,1-2H3. The molecule has 0 radical (unpaired) electrons. The number of hydrogen-bond donors (Lipinski definition) is 2. The summed E-state index contributed by atoms with van der Waals surface area (Å²) in [5.41, 5.74) is 5.48. The Bertz CT molecular complexity index is 300. The lowest BCUT2D eigenvalue weighted by atomic mass is 9.81. The van der Waals surface area contributed by atoms with Crippen LogP contribution in [0, 0.1) is 5.41 Å². The van der Waals surface area contributed by atoms with Crippen LogP contribution in [0.1, 0.15) is 18.7 Å². The van der Waals surface area contributed by atoms with Gasteiger partial charge in [0.05, 0.1) is 6.10 Å². The van der Waals surface area contributed by atoms with E-state index in [0.717, 1.165) is 10.9 Å². The number of nitrogens with two attached hydrogens (primary N) is 1. The quantitative estimate of drug-likeness (QED) is 0.888. The van der Waals surface area contributed by atoms with Crippen LogP contribution >= 0.6 is 27.3 Å². The topological polar surface area (TPSA) is 46.2 Å². The molecule has 1 rings (SSSR count). The van der Waals surface area contributed by atoms with Crippen molar-refractivity contribution in [2.75, 3.05) is 6.54 Å². The van der Waals surface area contributed by atoms with Crippen molar-refractivity contribution in [2.45, 2.75) is 26.4 Å². The van der Waals surface area contributed by atoms with Crippen molar-refractivity contribution in [1.82, 2.24) is 0 Å². The van der Waals surface area contributed by atoms with E-state index in [1.54, 1.807) is 18.3 Å². The van der Waals surface area contributed by atoms with Gasteiger partial charge in [0.15, 0.2) is 0 Å². The lowest BCUT2D eigenvalue weighted by Crippen LogP contribution is -2.39. The normalized spacial score (nSPS) is 17.8. The van der Waals surface area contributed by atoms with Crippen LogP contribution < -0.4 is 5.73 Å². The number of rotatable bonds is 4. The number of thiophene rings is 1. The summed E-state index contributed by atoms with van der Waals surface area (Å²) >= 11 is 5.18. The predicted octanol–water partition coefficient (Wildman–Crippen LogP) is 2.40. The molecule has 14 heavy (non-hydrogen) atoms. The number of aliphatic hydroxyl groups excluding tert-OH is 1. The van der Waals surface area contributed by atoms with E-state index in [2.05, 4.69) is 15.9 Å². The average molecular weight is 278 g/mol. The minimum absolute atomic E-state index is 0.229. The van der Waals surface area contributed by atoms with Gasteiger partial charge in [-0.1, -0.05) is 6.92 Å². The zero-order valence-electron chi connectivity index (χ0n) is 8.46. The minimum atomic E-state index is -0.388. The first-order valence-corrected chi connectivity index (χ1v) is 6.27. The Balaban J connectivity index is 2.80. The van der Waals surface area contributed by atoms with Crippen LogP contribution in [0.3, 0.4) is 0 Å². The molecule has 0 aliphatic rings. The van der Waals surface area contributed by atoms with Crippen LogP contribution in [0.2, 0.25) is 0 Å². The molecule has 0 aliphatic carbocycles. The molecule has 1 heterocycles. The van der Waals surface area contributed by atoms with Crippen LogP contribution in [0.5, 0.6) is 0 Å². The molecule has 0 spiro atoms. The average Bonchev–Trinajstić information content (AvgIpc) is 2.51. The highest BCUT2D eigenvalue weighted by Crippen LogP contribution is 2.32. The lowest BCUT2D eigenvalue weighted by molar-refractivity contribution is 0.0594. The number of halogens is 1. The summed E-state index contributed by atoms with van der Waals surface area (Å²) in [6.07, 6.45) is 0.431. The molecule has 0 bridgehead atoms. The second-order valence-corrected chi connectivity index (χ2v) is 5.76. The molecular formula is C10H16BrNOS. The lowest BCUT2D eigenvalue weighted by Gasteiger charge is -2.30. The van der Waals surface area contributed by atoms with Gasteiger partial charge >= 0.3 is 0 Å². The fraction of sp³-hybridized carbons (Fsp3) is 0.600. The van der Waals surface area contributed by atoms with Gasteiger partial charge in [0.2, 0.25) is 0 Å². The Hall–Kier alpha value is 0.100. The third-order valence-electron chi connectivity index (χ3n) is 2.73.